The second-order valence-corrected chi connectivity index (χ2v) is 10.2. The first-order valence-corrected chi connectivity index (χ1v) is 12.8. The standard InChI is InChI=1S/C21H15ClIN4O2S/c22-11-1-2-14(16(28)9-11)18-19(20-24-7-8-25-20)30-21(27-18)13-5-6-23-10-15-12(13)3-4-17(29)26-15/h1-2,5-10,28H,3-4H2,(H,24,25)(H,26,29)/q-1. The Bertz CT molecular complexity index is 1240. The van der Waals surface area contributed by atoms with E-state index in [9.17, 15) is 9.90 Å². The van der Waals surface area contributed by atoms with Crippen molar-refractivity contribution in [1.29, 1.82) is 0 Å². The minimum absolute atomic E-state index is 0.0532. The number of amides is 1. The third-order valence-electron chi connectivity index (χ3n) is 4.79. The Morgan fingerprint density at radius 1 is 1.27 bits per heavy atom. The van der Waals surface area contributed by atoms with Gasteiger partial charge in [0.1, 0.15) is 0 Å². The van der Waals surface area contributed by atoms with E-state index in [-0.39, 0.29) is 32.9 Å². The van der Waals surface area contributed by atoms with Crippen molar-refractivity contribution >= 4 is 34.4 Å². The number of nitrogens with zero attached hydrogens (tertiary/aromatic N) is 2. The molecular formula is C21H15ClIN4O2S-. The van der Waals surface area contributed by atoms with E-state index < -0.39 is 0 Å². The fourth-order valence-corrected chi connectivity index (χ4v) is 6.33. The molecule has 9 heteroatoms. The van der Waals surface area contributed by atoms with Crippen LogP contribution in [0.3, 0.4) is 0 Å². The average Bonchev–Trinajstić information content (AvgIpc) is 3.34. The van der Waals surface area contributed by atoms with Crippen LogP contribution >= 0.6 is 22.9 Å². The maximum absolute atomic E-state index is 11.9. The van der Waals surface area contributed by atoms with Crippen LogP contribution in [0.4, 0.5) is 0 Å². The quantitative estimate of drug-likeness (QED) is 0.434. The van der Waals surface area contributed by atoms with E-state index in [4.69, 9.17) is 16.6 Å². The van der Waals surface area contributed by atoms with Gasteiger partial charge in [-0.25, -0.2) is 0 Å². The number of phenols is 1. The molecule has 2 aliphatic rings. The number of carbonyl (C=O) groups is 1. The second-order valence-electron chi connectivity index (χ2n) is 6.68. The molecule has 2 aromatic heterocycles. The molecule has 152 valence electrons. The van der Waals surface area contributed by atoms with Crippen molar-refractivity contribution < 1.29 is 31.1 Å². The SMILES string of the molecule is O=C1CCC2=C(c3nc(-c4ccc(Cl)cc4O)c(-c4ncc[nH]4)s3)C=C[I-]C=C2N1. The number of thiazole rings is 1. The number of rotatable bonds is 3. The summed E-state index contributed by atoms with van der Waals surface area (Å²) in [5.74, 6) is 0.807. The van der Waals surface area contributed by atoms with Crippen LogP contribution in [0.5, 0.6) is 5.75 Å². The van der Waals surface area contributed by atoms with Gasteiger partial charge in [0.2, 0.25) is 0 Å². The van der Waals surface area contributed by atoms with Gasteiger partial charge in [-0.2, -0.15) is 0 Å². The molecule has 30 heavy (non-hydrogen) atoms. The van der Waals surface area contributed by atoms with Crippen molar-refractivity contribution in [1.82, 2.24) is 20.3 Å². The van der Waals surface area contributed by atoms with Crippen molar-refractivity contribution in [2.24, 2.45) is 0 Å². The van der Waals surface area contributed by atoms with Crippen molar-refractivity contribution in [3.05, 3.63) is 66.1 Å². The van der Waals surface area contributed by atoms with Gasteiger partial charge in [-0.3, -0.25) is 0 Å². The van der Waals surface area contributed by atoms with Crippen LogP contribution in [-0.4, -0.2) is 26.0 Å². The number of halogens is 2. The third-order valence-corrected chi connectivity index (χ3v) is 7.87. The van der Waals surface area contributed by atoms with Gasteiger partial charge in [0.05, 0.1) is 0 Å². The predicted molar refractivity (Wildman–Crippen MR) is 113 cm³/mol. The predicted octanol–water partition coefficient (Wildman–Crippen LogP) is 1.68. The fraction of sp³-hybridized carbons (Fsp3) is 0.0952. The van der Waals surface area contributed by atoms with E-state index in [2.05, 4.69) is 29.5 Å². The van der Waals surface area contributed by atoms with Crippen LogP contribution < -0.4 is 26.5 Å². The van der Waals surface area contributed by atoms with Gasteiger partial charge in [-0.05, 0) is 0 Å². The number of hydrogen-bond donors (Lipinski definition) is 3. The Morgan fingerprint density at radius 2 is 2.17 bits per heavy atom. The van der Waals surface area contributed by atoms with E-state index >= 15 is 0 Å². The molecule has 3 N–H and O–H groups in total. The Labute approximate surface area is 191 Å². The van der Waals surface area contributed by atoms with Crippen molar-refractivity contribution in [3.63, 3.8) is 0 Å². The molecule has 5 rings (SSSR count). The Morgan fingerprint density at radius 3 is 2.97 bits per heavy atom. The van der Waals surface area contributed by atoms with E-state index in [1.54, 1.807) is 24.5 Å². The minimum atomic E-state index is -0.284. The summed E-state index contributed by atoms with van der Waals surface area (Å²) >= 11 is 7.25. The van der Waals surface area contributed by atoms with Gasteiger partial charge >= 0.3 is 192 Å². The molecule has 2 aliphatic heterocycles. The van der Waals surface area contributed by atoms with Gasteiger partial charge in [-0.15, -0.1) is 0 Å². The Kier molecular flexibility index (Phi) is 5.21. The molecule has 1 fully saturated rings. The molecule has 1 aromatic carbocycles. The monoisotopic (exact) mass is 549 g/mol. The first kappa shape index (κ1) is 19.5. The molecular weight excluding hydrogens is 535 g/mol. The summed E-state index contributed by atoms with van der Waals surface area (Å²) in [5.41, 5.74) is 4.26. The van der Waals surface area contributed by atoms with E-state index in [0.29, 0.717) is 34.9 Å². The van der Waals surface area contributed by atoms with Gasteiger partial charge in [0.15, 0.2) is 0 Å². The topological polar surface area (TPSA) is 90.9 Å². The van der Waals surface area contributed by atoms with Crippen LogP contribution in [0, 0.1) is 0 Å². The summed E-state index contributed by atoms with van der Waals surface area (Å²) in [4.78, 5) is 25.2. The summed E-state index contributed by atoms with van der Waals surface area (Å²) in [6, 6.07) is 5.01. The van der Waals surface area contributed by atoms with Gasteiger partial charge < -0.3 is 0 Å². The molecule has 6 nitrogen and oxygen atoms in total. The summed E-state index contributed by atoms with van der Waals surface area (Å²) < 4.78 is 4.31. The van der Waals surface area contributed by atoms with E-state index in [1.807, 2.05) is 0 Å². The number of benzene rings is 1. The van der Waals surface area contributed by atoms with Crippen LogP contribution in [-0.2, 0) is 4.79 Å². The van der Waals surface area contributed by atoms with Gasteiger partial charge in [0, 0.05) is 0 Å². The third kappa shape index (κ3) is 3.59. The fourth-order valence-electron chi connectivity index (χ4n) is 3.41. The number of allylic oxidation sites excluding steroid dienone is 3. The zero-order chi connectivity index (χ0) is 20.7. The summed E-state index contributed by atoms with van der Waals surface area (Å²) in [5, 5.41) is 14.8. The van der Waals surface area contributed by atoms with Gasteiger partial charge in [0.25, 0.3) is 0 Å². The Hall–Kier alpha value is -2.43. The second kappa shape index (κ2) is 8.01. The molecule has 4 heterocycles. The molecule has 3 aromatic rings. The number of hydrogen-bond acceptors (Lipinski definition) is 5. The number of piperidine rings is 1. The number of phenolic OH excluding ortho intramolecular Hbond substituents is 1. The first-order valence-electron chi connectivity index (χ1n) is 9.12. The van der Waals surface area contributed by atoms with Crippen molar-refractivity contribution in [2.75, 3.05) is 0 Å². The number of imidazole rings is 1. The zero-order valence-electron chi connectivity index (χ0n) is 15.4. The summed E-state index contributed by atoms with van der Waals surface area (Å²) in [7, 11) is 0. The normalized spacial score (nSPS) is 16.4. The summed E-state index contributed by atoms with van der Waals surface area (Å²) in [6.45, 7) is 0. The number of aromatic nitrogens is 3. The molecule has 1 saturated heterocycles. The van der Waals surface area contributed by atoms with Gasteiger partial charge in [-0.1, -0.05) is 0 Å². The van der Waals surface area contributed by atoms with E-state index in [1.165, 1.54) is 17.4 Å². The molecule has 0 aliphatic carbocycles. The number of carbonyl (C=O) groups excluding carboxylic acids is 1. The number of aromatic amines is 1. The number of nitrogens with one attached hydrogen (secondary N) is 2. The molecule has 0 radical (unpaired) electrons. The molecule has 0 saturated carbocycles. The molecule has 0 unspecified atom stereocenters. The van der Waals surface area contributed by atoms with Crippen LogP contribution in [0.25, 0.3) is 27.5 Å². The van der Waals surface area contributed by atoms with Crippen LogP contribution in [0.15, 0.2) is 56.1 Å². The summed E-state index contributed by atoms with van der Waals surface area (Å²) in [6.07, 6.45) is 6.70. The molecule has 0 bridgehead atoms. The molecule has 0 atom stereocenters. The average molecular weight is 550 g/mol. The van der Waals surface area contributed by atoms with E-state index in [0.717, 1.165) is 26.7 Å². The van der Waals surface area contributed by atoms with Crippen LogP contribution in [0.1, 0.15) is 17.8 Å². The maximum atomic E-state index is 11.9. The molecule has 1 amide bonds. The van der Waals surface area contributed by atoms with Crippen LogP contribution in [0.2, 0.25) is 5.02 Å². The number of H-pyrrole nitrogens is 1. The number of aromatic hydroxyl groups is 1. The number of fused-ring (bicyclic) bond motifs is 1. The van der Waals surface area contributed by atoms with Crippen molar-refractivity contribution in [3.8, 4) is 27.7 Å². The van der Waals surface area contributed by atoms with Crippen molar-refractivity contribution in [2.45, 2.75) is 12.8 Å². The Balaban J connectivity index is 1.70. The molecule has 0 spiro atoms. The first-order chi connectivity index (χ1) is 14.6. The zero-order valence-corrected chi connectivity index (χ0v) is 19.2.